The molecule has 5 heterocycles. The zero-order valence-electron chi connectivity index (χ0n) is 71.3. The Morgan fingerprint density at radius 2 is 0.530 bits per heavy atom. The molecular formula is C125H75N3OS3. The third kappa shape index (κ3) is 10.3. The van der Waals surface area contributed by atoms with Gasteiger partial charge in [0.25, 0.3) is 0 Å². The monoisotopic (exact) mass is 1730 g/mol. The number of rotatable bonds is 6. The van der Waals surface area contributed by atoms with Crippen LogP contribution in [0.2, 0.25) is 0 Å². The minimum atomic E-state index is -0.716. The molecule has 1 unspecified atom stereocenters. The van der Waals surface area contributed by atoms with Crippen LogP contribution in [0.5, 0.6) is 0 Å². The first-order valence-electron chi connectivity index (χ1n) is 45.3. The van der Waals surface area contributed by atoms with Crippen LogP contribution in [0.25, 0.3) is 172 Å². The summed E-state index contributed by atoms with van der Waals surface area (Å²) in [5.41, 5.74) is 38.0. The number of pyridine rings is 2. The lowest BCUT2D eigenvalue weighted by Crippen LogP contribution is -2.32. The number of aromatic nitrogens is 2. The van der Waals surface area contributed by atoms with Crippen molar-refractivity contribution in [3.63, 3.8) is 0 Å². The van der Waals surface area contributed by atoms with Gasteiger partial charge < -0.3 is 5.21 Å². The Balaban J connectivity index is 0.0000001000. The second-order valence-electron chi connectivity index (χ2n) is 35.7. The molecule has 19 aromatic carbocycles. The molecule has 132 heavy (non-hydrogen) atoms. The zero-order chi connectivity index (χ0) is 86.7. The van der Waals surface area contributed by atoms with Crippen LogP contribution in [0.15, 0.2) is 455 Å². The van der Waals surface area contributed by atoms with Crippen molar-refractivity contribution in [2.45, 2.75) is 16.2 Å². The lowest BCUT2D eigenvalue weighted by atomic mass is 9.70. The van der Waals surface area contributed by atoms with Crippen LogP contribution in [0.4, 0.5) is 17.1 Å². The predicted octanol–water partition coefficient (Wildman–Crippen LogP) is 33.6. The summed E-state index contributed by atoms with van der Waals surface area (Å²) >= 11 is 5.68. The van der Waals surface area contributed by atoms with Gasteiger partial charge in [-0.25, -0.2) is 0 Å². The van der Waals surface area contributed by atoms with Crippen LogP contribution in [0.1, 0.15) is 66.8 Å². The van der Waals surface area contributed by atoms with E-state index in [1.54, 1.807) is 0 Å². The molecular weight excluding hydrogens is 1660 g/mol. The van der Waals surface area contributed by atoms with Crippen molar-refractivity contribution in [1.29, 1.82) is 0 Å². The molecule has 0 fully saturated rings. The topological polar surface area (TPSA) is 48.8 Å². The standard InChI is InChI=1S/C47H29NOS.C42H25NS.C36H21NS/c49-48(34-26-24-30-12-1-3-14-32(30)28-34,35-27-25-31-13-2-4-15-33(31)29-35)42-22-11-21-41-44(42)46-45(38-18-7-10-23-43(38)50-46)47(41)39-19-8-5-16-36(39)37-17-6-9-20-40(37)47;1-4-15-35-31(11-1)32-23-22-29(26-18-20-27(21-19-26)30-14-7-9-28-10-8-24-43-40(28)30)25-37(32)42(35)36-16-5-2-12-33(36)41-39(42)34-13-3-6-17-38(34)44-41;1-4-15-29-25(11-1)26-12-2-5-16-30(26)36(29)31-21-23(24-14-7-9-22-10-8-20-37-34(22)24)18-19-27(31)35-33(36)28-13-3-6-17-32(28)38-35/h1-29H;1-25H;1-21H. The SMILES string of the molecule is [O-][N+](c1ccc2ccccc2c1)(c1ccc2ccccc2c1)c1cccc2c1-c1sc3ccccc3c1C21c2ccccc2-c2ccccc21.c1ccc2c(c1)-c1ccc(-c3ccc(-c4cccc5cccnc45)cc3)cc1C21c2ccccc2-c2sc3ccccc3c21.c1ccc2c(c1)-c1ccccc1C21c2cc(-c3cccc4cccnc34)ccc2-c2sc3ccccc3c21. The molecule has 0 N–H and O–H groups in total. The summed E-state index contributed by atoms with van der Waals surface area (Å²) in [7, 11) is 0. The van der Waals surface area contributed by atoms with E-state index >= 15 is 5.21 Å². The third-order valence-electron chi connectivity index (χ3n) is 29.4. The maximum atomic E-state index is 16.6. The molecule has 1 atom stereocenters. The largest absolute Gasteiger partial charge is 0.616 e. The lowest BCUT2D eigenvalue weighted by molar-refractivity contribution is 0.694. The predicted molar refractivity (Wildman–Crippen MR) is 554 cm³/mol. The van der Waals surface area contributed by atoms with Crippen molar-refractivity contribution in [2.75, 3.05) is 0 Å². The van der Waals surface area contributed by atoms with Crippen LogP contribution < -0.4 is 4.65 Å². The molecule has 0 aliphatic heterocycles. The fourth-order valence-corrected chi connectivity index (χ4v) is 28.0. The highest BCUT2D eigenvalue weighted by Gasteiger charge is 2.58. The molecule has 614 valence electrons. The Morgan fingerprint density at radius 3 is 1.03 bits per heavy atom. The molecule has 6 aliphatic rings. The Kier molecular flexibility index (Phi) is 16.4. The third-order valence-corrected chi connectivity index (χ3v) is 33.0. The van der Waals surface area contributed by atoms with Gasteiger partial charge in [0.15, 0.2) is 5.69 Å². The van der Waals surface area contributed by atoms with Crippen molar-refractivity contribution < 1.29 is 0 Å². The summed E-state index contributed by atoms with van der Waals surface area (Å²) in [5.74, 6) is 0. The summed E-state index contributed by atoms with van der Waals surface area (Å²) in [6.07, 6.45) is 3.77. The van der Waals surface area contributed by atoms with Gasteiger partial charge in [0.1, 0.15) is 11.4 Å². The summed E-state index contributed by atoms with van der Waals surface area (Å²) in [4.78, 5) is 13.5. The number of thiophene rings is 3. The summed E-state index contributed by atoms with van der Waals surface area (Å²) in [5, 5.41) is 27.3. The van der Waals surface area contributed by atoms with Crippen LogP contribution >= 0.6 is 34.0 Å². The van der Waals surface area contributed by atoms with Crippen molar-refractivity contribution >= 4 is 125 Å². The Labute approximate surface area is 774 Å². The summed E-state index contributed by atoms with van der Waals surface area (Å²) in [6.45, 7) is 0. The number of hydrogen-bond acceptors (Lipinski definition) is 6. The van der Waals surface area contributed by atoms with Crippen LogP contribution in [0.3, 0.4) is 0 Å². The van der Waals surface area contributed by atoms with E-state index in [4.69, 9.17) is 9.97 Å². The lowest BCUT2D eigenvalue weighted by Gasteiger charge is -2.42. The highest BCUT2D eigenvalue weighted by atomic mass is 32.1. The van der Waals surface area contributed by atoms with Crippen molar-refractivity contribution in [2.24, 2.45) is 0 Å². The molecule has 3 spiro atoms. The van der Waals surface area contributed by atoms with Gasteiger partial charge in [-0.05, 0) is 226 Å². The molecule has 6 aliphatic carbocycles. The number of para-hydroxylation sites is 2. The first kappa shape index (κ1) is 75.3. The number of hydrogen-bond donors (Lipinski definition) is 0. The maximum absolute atomic E-state index is 16.6. The van der Waals surface area contributed by atoms with E-state index in [1.807, 2.05) is 82.8 Å². The quantitative estimate of drug-likeness (QED) is 0.123. The van der Waals surface area contributed by atoms with E-state index in [-0.39, 0.29) is 10.8 Å². The smallest absolute Gasteiger partial charge is 0.152 e. The second-order valence-corrected chi connectivity index (χ2v) is 38.8. The molecule has 30 rings (SSSR count). The molecule has 24 aromatic rings. The molecule has 0 saturated carbocycles. The summed E-state index contributed by atoms with van der Waals surface area (Å²) < 4.78 is 3.23. The fourth-order valence-electron chi connectivity index (χ4n) is 24.1. The van der Waals surface area contributed by atoms with E-state index in [2.05, 4.69) is 406 Å². The molecule has 0 amide bonds. The first-order chi connectivity index (χ1) is 65.3. The normalized spacial score (nSPS) is 14.6. The van der Waals surface area contributed by atoms with Gasteiger partial charge in [0, 0.05) is 93.4 Å². The van der Waals surface area contributed by atoms with Gasteiger partial charge in [0.05, 0.1) is 32.8 Å². The van der Waals surface area contributed by atoms with Crippen LogP contribution in [0, 0.1) is 5.21 Å². The number of nitrogens with zero attached hydrogens (tertiary/aromatic N) is 3. The fraction of sp³-hybridized carbons (Fsp3) is 0.0240. The van der Waals surface area contributed by atoms with Gasteiger partial charge >= 0.3 is 0 Å². The second kappa shape index (κ2) is 28.7. The molecule has 0 radical (unpaired) electrons. The number of benzene rings is 19. The van der Waals surface area contributed by atoms with Gasteiger partial charge in [-0.15, -0.1) is 34.0 Å². The molecule has 0 bridgehead atoms. The Morgan fingerprint density at radius 1 is 0.212 bits per heavy atom. The summed E-state index contributed by atoms with van der Waals surface area (Å²) in [6, 6.07) is 161. The Bertz CT molecular complexity index is 8880. The van der Waals surface area contributed by atoms with Crippen molar-refractivity contribution in [3.05, 3.63) is 527 Å². The number of fused-ring (bicyclic) bond motifs is 40. The van der Waals surface area contributed by atoms with Gasteiger partial charge in [-0.3, -0.25) is 14.6 Å². The molecule has 5 aromatic heterocycles. The Hall–Kier alpha value is -15.7. The van der Waals surface area contributed by atoms with Gasteiger partial charge in [0.2, 0.25) is 0 Å². The van der Waals surface area contributed by atoms with E-state index in [0.29, 0.717) is 11.4 Å². The van der Waals surface area contributed by atoms with E-state index < -0.39 is 10.1 Å². The number of quaternary nitrogens is 1. The zero-order valence-corrected chi connectivity index (χ0v) is 73.7. The molecule has 4 nitrogen and oxygen atoms in total. The van der Waals surface area contributed by atoms with Crippen molar-refractivity contribution in [3.8, 4) is 98.1 Å². The average Bonchev–Trinajstić information content (AvgIpc) is 1.51. The average molecular weight is 1730 g/mol. The highest BCUT2D eigenvalue weighted by molar-refractivity contribution is 7.23. The molecule has 7 heteroatoms. The van der Waals surface area contributed by atoms with Gasteiger partial charge in [-0.1, -0.05) is 358 Å². The first-order valence-corrected chi connectivity index (χ1v) is 47.8. The van der Waals surface area contributed by atoms with Crippen LogP contribution in [-0.4, -0.2) is 9.97 Å². The van der Waals surface area contributed by atoms with E-state index in [9.17, 15) is 0 Å². The minimum absolute atomic E-state index is 0.342. The van der Waals surface area contributed by atoms with Crippen molar-refractivity contribution in [1.82, 2.24) is 14.6 Å². The van der Waals surface area contributed by atoms with Crippen LogP contribution in [-0.2, 0) is 16.2 Å². The van der Waals surface area contributed by atoms with E-state index in [1.165, 1.54) is 189 Å². The van der Waals surface area contributed by atoms with E-state index in [0.717, 1.165) is 54.8 Å². The van der Waals surface area contributed by atoms with Gasteiger partial charge in [-0.2, -0.15) is 0 Å². The highest BCUT2D eigenvalue weighted by Crippen LogP contribution is 2.72. The maximum Gasteiger partial charge on any atom is 0.152 e. The minimum Gasteiger partial charge on any atom is -0.616 e. The molecule has 0 saturated heterocycles.